The molecule has 2 aromatic carbocycles. The van der Waals surface area contributed by atoms with Crippen molar-refractivity contribution < 1.29 is 19.5 Å². The molecule has 0 heterocycles. The number of carbonyl (C=O) groups is 3. The molecule has 0 aliphatic heterocycles. The highest BCUT2D eigenvalue weighted by Gasteiger charge is 2.19. The highest BCUT2D eigenvalue weighted by Crippen LogP contribution is 2.16. The Morgan fingerprint density at radius 2 is 1.72 bits per heavy atom. The van der Waals surface area contributed by atoms with Gasteiger partial charge in [-0.1, -0.05) is 31.0 Å². The van der Waals surface area contributed by atoms with Crippen LogP contribution in [0.3, 0.4) is 0 Å². The molecule has 0 aliphatic rings. The van der Waals surface area contributed by atoms with Gasteiger partial charge in [0.1, 0.15) is 6.04 Å². The van der Waals surface area contributed by atoms with Crippen LogP contribution in [0, 0.1) is 13.8 Å². The lowest BCUT2D eigenvalue weighted by Crippen LogP contribution is -2.40. The van der Waals surface area contributed by atoms with Crippen molar-refractivity contribution in [2.24, 2.45) is 0 Å². The van der Waals surface area contributed by atoms with Gasteiger partial charge in [-0.3, -0.25) is 9.59 Å². The number of rotatable bonds is 9. The minimum atomic E-state index is -1.06. The van der Waals surface area contributed by atoms with E-state index in [0.717, 1.165) is 16.8 Å². The topological polar surface area (TPSA) is 108 Å². The van der Waals surface area contributed by atoms with Gasteiger partial charge in [0.05, 0.1) is 6.54 Å². The Kier molecular flexibility index (Phi) is 7.77. The highest BCUT2D eigenvalue weighted by molar-refractivity contribution is 5.98. The number of aryl methyl sites for hydroxylation is 2. The average molecular weight is 397 g/mol. The van der Waals surface area contributed by atoms with Crippen LogP contribution in [0.2, 0.25) is 0 Å². The lowest BCUT2D eigenvalue weighted by Gasteiger charge is -2.14. The van der Waals surface area contributed by atoms with Gasteiger partial charge in [0.15, 0.2) is 0 Å². The van der Waals surface area contributed by atoms with Crippen LogP contribution in [0.4, 0.5) is 11.4 Å². The third kappa shape index (κ3) is 6.64. The van der Waals surface area contributed by atoms with E-state index in [-0.39, 0.29) is 12.5 Å². The zero-order valence-corrected chi connectivity index (χ0v) is 16.9. The molecular formula is C22H27N3O4. The summed E-state index contributed by atoms with van der Waals surface area (Å²) in [6, 6.07) is 11.4. The smallest absolute Gasteiger partial charge is 0.326 e. The van der Waals surface area contributed by atoms with Crippen LogP contribution in [0.1, 0.15) is 41.3 Å². The molecule has 1 atom stereocenters. The lowest BCUT2D eigenvalue weighted by atomic mass is 10.1. The molecule has 0 radical (unpaired) electrons. The van der Waals surface area contributed by atoms with E-state index in [1.807, 2.05) is 39.0 Å². The Labute approximate surface area is 170 Å². The molecule has 2 aromatic rings. The van der Waals surface area contributed by atoms with Gasteiger partial charge in [-0.15, -0.1) is 0 Å². The maximum atomic E-state index is 12.2. The van der Waals surface area contributed by atoms with Crippen LogP contribution in [0.5, 0.6) is 0 Å². The molecule has 0 spiro atoms. The maximum absolute atomic E-state index is 12.2. The summed E-state index contributed by atoms with van der Waals surface area (Å²) >= 11 is 0. The summed E-state index contributed by atoms with van der Waals surface area (Å²) in [7, 11) is 0. The second-order valence-electron chi connectivity index (χ2n) is 6.95. The minimum Gasteiger partial charge on any atom is -0.480 e. The summed E-state index contributed by atoms with van der Waals surface area (Å²) in [5, 5.41) is 17.5. The number of benzene rings is 2. The van der Waals surface area contributed by atoms with Crippen molar-refractivity contribution in [1.82, 2.24) is 5.32 Å². The molecular weight excluding hydrogens is 370 g/mol. The number of anilines is 2. The van der Waals surface area contributed by atoms with Crippen LogP contribution in [-0.2, 0) is 9.59 Å². The molecule has 0 saturated heterocycles. The first-order valence-corrected chi connectivity index (χ1v) is 9.55. The van der Waals surface area contributed by atoms with Gasteiger partial charge in [0.2, 0.25) is 5.91 Å². The first-order valence-electron chi connectivity index (χ1n) is 9.55. The van der Waals surface area contributed by atoms with Crippen molar-refractivity contribution in [2.45, 2.75) is 39.7 Å². The first-order chi connectivity index (χ1) is 13.8. The Bertz CT molecular complexity index is 878. The molecule has 4 N–H and O–H groups in total. The summed E-state index contributed by atoms with van der Waals surface area (Å²) in [6.45, 7) is 5.96. The number of hydrogen-bond donors (Lipinski definition) is 4. The number of carboxylic acids is 1. The van der Waals surface area contributed by atoms with Crippen LogP contribution < -0.4 is 16.0 Å². The van der Waals surface area contributed by atoms with E-state index in [4.69, 9.17) is 5.11 Å². The fraction of sp³-hybridized carbons (Fsp3) is 0.318. The van der Waals surface area contributed by atoms with Gasteiger partial charge in [-0.2, -0.15) is 0 Å². The molecule has 0 aliphatic carbocycles. The molecule has 0 aromatic heterocycles. The molecule has 154 valence electrons. The van der Waals surface area contributed by atoms with Gasteiger partial charge in [-0.05, 0) is 56.2 Å². The Morgan fingerprint density at radius 3 is 2.31 bits per heavy atom. The molecule has 2 rings (SSSR count). The molecule has 2 amide bonds. The predicted octanol–water partition coefficient (Wildman–Crippen LogP) is 3.34. The van der Waals surface area contributed by atoms with E-state index in [0.29, 0.717) is 24.1 Å². The van der Waals surface area contributed by atoms with E-state index in [2.05, 4.69) is 16.0 Å². The Morgan fingerprint density at radius 1 is 1.03 bits per heavy atom. The van der Waals surface area contributed by atoms with Crippen molar-refractivity contribution in [3.8, 4) is 0 Å². The van der Waals surface area contributed by atoms with E-state index >= 15 is 0 Å². The average Bonchev–Trinajstić information content (AvgIpc) is 2.67. The molecule has 0 bridgehead atoms. The van der Waals surface area contributed by atoms with Gasteiger partial charge in [-0.25, -0.2) is 4.79 Å². The van der Waals surface area contributed by atoms with Gasteiger partial charge in [0, 0.05) is 16.9 Å². The van der Waals surface area contributed by atoms with Crippen molar-refractivity contribution in [3.05, 3.63) is 59.2 Å². The van der Waals surface area contributed by atoms with Crippen molar-refractivity contribution in [2.75, 3.05) is 17.2 Å². The number of amides is 2. The summed E-state index contributed by atoms with van der Waals surface area (Å²) < 4.78 is 0. The van der Waals surface area contributed by atoms with E-state index in [1.165, 1.54) is 0 Å². The minimum absolute atomic E-state index is 0.115. The number of carboxylic acid groups (broad SMARTS) is 1. The normalized spacial score (nSPS) is 11.4. The molecule has 29 heavy (non-hydrogen) atoms. The van der Waals surface area contributed by atoms with Crippen LogP contribution in [0.15, 0.2) is 42.5 Å². The second kappa shape index (κ2) is 10.3. The largest absolute Gasteiger partial charge is 0.480 e. The Hall–Kier alpha value is -3.35. The van der Waals surface area contributed by atoms with Crippen LogP contribution in [-0.4, -0.2) is 35.5 Å². The zero-order chi connectivity index (χ0) is 21.4. The molecule has 0 fully saturated rings. The molecule has 7 heteroatoms. The molecule has 7 nitrogen and oxygen atoms in total. The fourth-order valence-corrected chi connectivity index (χ4v) is 2.89. The first kappa shape index (κ1) is 21.9. The standard InChI is InChI=1S/C22H27N3O4/c1-4-5-19(22(28)29)25-21(27)16-7-9-17(10-8-16)24-20(26)13-23-18-11-6-14(2)12-15(18)3/h6-12,19,23H,4-5,13H2,1-3H3,(H,24,26)(H,25,27)(H,28,29). The van der Waals surface area contributed by atoms with Crippen LogP contribution >= 0.6 is 0 Å². The summed E-state index contributed by atoms with van der Waals surface area (Å²) in [5.41, 5.74) is 4.01. The third-order valence-corrected chi connectivity index (χ3v) is 4.43. The third-order valence-electron chi connectivity index (χ3n) is 4.43. The summed E-state index contributed by atoms with van der Waals surface area (Å²) in [6.07, 6.45) is 1.01. The van der Waals surface area contributed by atoms with Crippen molar-refractivity contribution in [3.63, 3.8) is 0 Å². The summed E-state index contributed by atoms with van der Waals surface area (Å²) in [5.74, 6) is -1.73. The van der Waals surface area contributed by atoms with Crippen molar-refractivity contribution in [1.29, 1.82) is 0 Å². The molecule has 1 unspecified atom stereocenters. The number of carbonyl (C=O) groups excluding carboxylic acids is 2. The quantitative estimate of drug-likeness (QED) is 0.519. The van der Waals surface area contributed by atoms with E-state index in [1.54, 1.807) is 24.3 Å². The van der Waals surface area contributed by atoms with E-state index in [9.17, 15) is 14.4 Å². The van der Waals surface area contributed by atoms with E-state index < -0.39 is 17.9 Å². The second-order valence-corrected chi connectivity index (χ2v) is 6.95. The van der Waals surface area contributed by atoms with Crippen molar-refractivity contribution >= 4 is 29.2 Å². The predicted molar refractivity (Wildman–Crippen MR) is 113 cm³/mol. The zero-order valence-electron chi connectivity index (χ0n) is 16.9. The van der Waals surface area contributed by atoms with Gasteiger partial charge < -0.3 is 21.1 Å². The SMILES string of the molecule is CCCC(NC(=O)c1ccc(NC(=O)CNc2ccc(C)cc2C)cc1)C(=O)O. The highest BCUT2D eigenvalue weighted by atomic mass is 16.4. The Balaban J connectivity index is 1.90. The fourth-order valence-electron chi connectivity index (χ4n) is 2.89. The number of nitrogens with one attached hydrogen (secondary N) is 3. The van der Waals surface area contributed by atoms with Crippen LogP contribution in [0.25, 0.3) is 0 Å². The maximum Gasteiger partial charge on any atom is 0.326 e. The number of aliphatic carboxylic acids is 1. The number of hydrogen-bond acceptors (Lipinski definition) is 4. The lowest BCUT2D eigenvalue weighted by molar-refractivity contribution is -0.139. The van der Waals surface area contributed by atoms with Gasteiger partial charge in [0.25, 0.3) is 5.91 Å². The molecule has 0 saturated carbocycles. The monoisotopic (exact) mass is 397 g/mol. The summed E-state index contributed by atoms with van der Waals surface area (Å²) in [4.78, 5) is 35.5. The van der Waals surface area contributed by atoms with Gasteiger partial charge >= 0.3 is 5.97 Å².